The van der Waals surface area contributed by atoms with Gasteiger partial charge in [0.1, 0.15) is 0 Å². The highest BCUT2D eigenvalue weighted by molar-refractivity contribution is 4.80. The van der Waals surface area contributed by atoms with Crippen molar-refractivity contribution in [1.82, 2.24) is 5.32 Å². The first-order valence-corrected chi connectivity index (χ1v) is 7.16. The highest BCUT2D eigenvalue weighted by atomic mass is 16.3. The van der Waals surface area contributed by atoms with Gasteiger partial charge in [0.05, 0.1) is 5.60 Å². The summed E-state index contributed by atoms with van der Waals surface area (Å²) in [6.07, 6.45) is 11.2. The molecule has 0 aromatic rings. The first-order valence-electron chi connectivity index (χ1n) is 7.16. The summed E-state index contributed by atoms with van der Waals surface area (Å²) in [4.78, 5) is 0. The molecule has 1 fully saturated rings. The Kier molecular flexibility index (Phi) is 6.37. The molecule has 0 aromatic carbocycles. The number of hydrogen-bond acceptors (Lipinski definition) is 2. The quantitative estimate of drug-likeness (QED) is 0.755. The number of rotatable bonds is 5. The molecule has 1 saturated carbocycles. The molecule has 0 aromatic heterocycles. The second-order valence-electron chi connectivity index (χ2n) is 5.35. The van der Waals surface area contributed by atoms with Crippen LogP contribution in [0.5, 0.6) is 0 Å². The molecule has 0 aliphatic heterocycles. The maximum absolute atomic E-state index is 10.2. The van der Waals surface area contributed by atoms with Crippen molar-refractivity contribution in [2.45, 2.75) is 83.3 Å². The molecule has 16 heavy (non-hydrogen) atoms. The van der Waals surface area contributed by atoms with Crippen molar-refractivity contribution in [2.75, 3.05) is 6.54 Å². The maximum Gasteiger partial charge on any atom is 0.0766 e. The van der Waals surface area contributed by atoms with E-state index in [4.69, 9.17) is 0 Å². The third kappa shape index (κ3) is 4.84. The van der Waals surface area contributed by atoms with Crippen molar-refractivity contribution in [3.8, 4) is 0 Å². The van der Waals surface area contributed by atoms with Crippen LogP contribution in [0.3, 0.4) is 0 Å². The van der Waals surface area contributed by atoms with Gasteiger partial charge < -0.3 is 10.4 Å². The third-order valence-corrected chi connectivity index (χ3v) is 4.14. The van der Waals surface area contributed by atoms with Crippen molar-refractivity contribution in [1.29, 1.82) is 0 Å². The van der Waals surface area contributed by atoms with Gasteiger partial charge in [-0.25, -0.2) is 0 Å². The first-order chi connectivity index (χ1) is 7.70. The Morgan fingerprint density at radius 2 is 1.50 bits per heavy atom. The van der Waals surface area contributed by atoms with Crippen molar-refractivity contribution in [2.24, 2.45) is 0 Å². The lowest BCUT2D eigenvalue weighted by Crippen LogP contribution is -2.44. The van der Waals surface area contributed by atoms with E-state index in [1.807, 2.05) is 0 Å². The van der Waals surface area contributed by atoms with E-state index in [2.05, 4.69) is 19.2 Å². The Hall–Kier alpha value is -0.0800. The van der Waals surface area contributed by atoms with Crippen LogP contribution < -0.4 is 5.32 Å². The van der Waals surface area contributed by atoms with Crippen molar-refractivity contribution in [3.05, 3.63) is 0 Å². The van der Waals surface area contributed by atoms with Gasteiger partial charge in [0.2, 0.25) is 0 Å². The number of nitrogens with one attached hydrogen (secondary N) is 1. The van der Waals surface area contributed by atoms with Crippen LogP contribution >= 0.6 is 0 Å². The molecule has 2 nitrogen and oxygen atoms in total. The molecule has 1 aliphatic carbocycles. The fourth-order valence-electron chi connectivity index (χ4n) is 2.49. The van der Waals surface area contributed by atoms with E-state index in [1.54, 1.807) is 0 Å². The van der Waals surface area contributed by atoms with Gasteiger partial charge in [-0.2, -0.15) is 0 Å². The second kappa shape index (κ2) is 7.29. The number of hydrogen-bond donors (Lipinski definition) is 2. The molecular weight excluding hydrogens is 198 g/mol. The summed E-state index contributed by atoms with van der Waals surface area (Å²) in [5.74, 6) is 0. The van der Waals surface area contributed by atoms with E-state index in [-0.39, 0.29) is 0 Å². The van der Waals surface area contributed by atoms with E-state index in [1.165, 1.54) is 44.9 Å². The first kappa shape index (κ1) is 14.0. The van der Waals surface area contributed by atoms with Crippen LogP contribution in [0, 0.1) is 0 Å². The van der Waals surface area contributed by atoms with Gasteiger partial charge in [-0.05, 0) is 25.7 Å². The zero-order valence-corrected chi connectivity index (χ0v) is 11.1. The van der Waals surface area contributed by atoms with Crippen LogP contribution in [0.15, 0.2) is 0 Å². The smallest absolute Gasteiger partial charge is 0.0766 e. The topological polar surface area (TPSA) is 32.3 Å². The fraction of sp³-hybridized carbons (Fsp3) is 1.00. The molecule has 1 aliphatic rings. The Labute approximate surface area is 101 Å². The lowest BCUT2D eigenvalue weighted by atomic mass is 9.94. The average molecular weight is 227 g/mol. The van der Waals surface area contributed by atoms with Gasteiger partial charge in [0, 0.05) is 12.6 Å². The van der Waals surface area contributed by atoms with Crippen LogP contribution in [0.25, 0.3) is 0 Å². The van der Waals surface area contributed by atoms with E-state index >= 15 is 0 Å². The molecule has 2 N–H and O–H groups in total. The third-order valence-electron chi connectivity index (χ3n) is 4.14. The lowest BCUT2D eigenvalue weighted by molar-refractivity contribution is 0.0290. The molecule has 0 radical (unpaired) electrons. The fourth-order valence-corrected chi connectivity index (χ4v) is 2.49. The SMILES string of the molecule is CCC(O)(CC)CNC1CCCCCCC1. The summed E-state index contributed by atoms with van der Waals surface area (Å²) >= 11 is 0. The minimum absolute atomic E-state index is 0.484. The summed E-state index contributed by atoms with van der Waals surface area (Å²) in [7, 11) is 0. The Bertz CT molecular complexity index is 170. The predicted octanol–water partition coefficient (Wildman–Crippen LogP) is 3.24. The summed E-state index contributed by atoms with van der Waals surface area (Å²) in [5, 5.41) is 13.8. The normalized spacial score (nSPS) is 20.4. The molecule has 0 saturated heterocycles. The molecule has 2 heteroatoms. The maximum atomic E-state index is 10.2. The van der Waals surface area contributed by atoms with Gasteiger partial charge in [-0.15, -0.1) is 0 Å². The van der Waals surface area contributed by atoms with E-state index in [0.717, 1.165) is 19.4 Å². The van der Waals surface area contributed by atoms with Crippen molar-refractivity contribution < 1.29 is 5.11 Å². The second-order valence-corrected chi connectivity index (χ2v) is 5.35. The molecule has 0 heterocycles. The molecule has 0 bridgehead atoms. The molecule has 96 valence electrons. The van der Waals surface area contributed by atoms with Gasteiger partial charge in [-0.3, -0.25) is 0 Å². The Morgan fingerprint density at radius 3 is 2.00 bits per heavy atom. The Morgan fingerprint density at radius 1 is 1.00 bits per heavy atom. The molecule has 0 unspecified atom stereocenters. The van der Waals surface area contributed by atoms with E-state index in [0.29, 0.717) is 6.04 Å². The lowest BCUT2D eigenvalue weighted by Gasteiger charge is -2.29. The van der Waals surface area contributed by atoms with Gasteiger partial charge >= 0.3 is 0 Å². The monoisotopic (exact) mass is 227 g/mol. The molecule has 1 rings (SSSR count). The predicted molar refractivity (Wildman–Crippen MR) is 69.6 cm³/mol. The summed E-state index contributed by atoms with van der Waals surface area (Å²) in [6.45, 7) is 4.91. The highest BCUT2D eigenvalue weighted by Crippen LogP contribution is 2.19. The van der Waals surface area contributed by atoms with E-state index < -0.39 is 5.60 Å². The van der Waals surface area contributed by atoms with Gasteiger partial charge in [-0.1, -0.05) is 46.0 Å². The zero-order chi connectivity index (χ0) is 11.9. The molecule has 0 amide bonds. The van der Waals surface area contributed by atoms with E-state index in [9.17, 15) is 5.11 Å². The van der Waals surface area contributed by atoms with Crippen LogP contribution in [-0.4, -0.2) is 23.3 Å². The molecular formula is C14H29NO. The van der Waals surface area contributed by atoms with Crippen molar-refractivity contribution >= 4 is 0 Å². The van der Waals surface area contributed by atoms with Gasteiger partial charge in [0.25, 0.3) is 0 Å². The minimum Gasteiger partial charge on any atom is -0.389 e. The summed E-state index contributed by atoms with van der Waals surface area (Å²) < 4.78 is 0. The molecule has 0 spiro atoms. The standard InChI is InChI=1S/C14H29NO/c1-3-14(16,4-2)12-15-13-10-8-6-5-7-9-11-13/h13,15-16H,3-12H2,1-2H3. The van der Waals surface area contributed by atoms with Crippen LogP contribution in [0.2, 0.25) is 0 Å². The zero-order valence-electron chi connectivity index (χ0n) is 11.1. The van der Waals surface area contributed by atoms with Crippen LogP contribution in [-0.2, 0) is 0 Å². The number of aliphatic hydroxyl groups is 1. The average Bonchev–Trinajstić information content (AvgIpc) is 2.27. The summed E-state index contributed by atoms with van der Waals surface area (Å²) in [5.41, 5.74) is -0.484. The summed E-state index contributed by atoms with van der Waals surface area (Å²) in [6, 6.07) is 0.643. The van der Waals surface area contributed by atoms with Crippen LogP contribution in [0.1, 0.15) is 71.6 Å². The highest BCUT2D eigenvalue weighted by Gasteiger charge is 2.23. The Balaban J connectivity index is 2.28. The van der Waals surface area contributed by atoms with Crippen LogP contribution in [0.4, 0.5) is 0 Å². The van der Waals surface area contributed by atoms with Crippen molar-refractivity contribution in [3.63, 3.8) is 0 Å². The largest absolute Gasteiger partial charge is 0.389 e. The minimum atomic E-state index is -0.484. The molecule has 0 atom stereocenters. The van der Waals surface area contributed by atoms with Gasteiger partial charge in [0.15, 0.2) is 0 Å².